The van der Waals surface area contributed by atoms with Gasteiger partial charge in [-0.25, -0.2) is 4.79 Å². The number of hydrogen-bond acceptors (Lipinski definition) is 3. The molecule has 1 heterocycles. The first-order chi connectivity index (χ1) is 6.61. The molecular formula is C10H17NO3. The van der Waals surface area contributed by atoms with Crippen molar-refractivity contribution in [2.45, 2.75) is 33.1 Å². The second kappa shape index (κ2) is 4.98. The maximum Gasteiger partial charge on any atom is 0.417 e. The standard InChI is InChI=1S/C10H17NO3/c1-8(2)9(12)14-10(13)11-6-4-3-5-7-11/h8H,3-7H2,1-2H3. The van der Waals surface area contributed by atoms with Crippen molar-refractivity contribution in [1.29, 1.82) is 0 Å². The van der Waals surface area contributed by atoms with E-state index in [1.54, 1.807) is 18.7 Å². The lowest BCUT2D eigenvalue weighted by Gasteiger charge is -2.25. The SMILES string of the molecule is CC(C)C(=O)OC(=O)N1CCCCC1. The molecule has 0 atom stereocenters. The van der Waals surface area contributed by atoms with Crippen LogP contribution in [0.1, 0.15) is 33.1 Å². The quantitative estimate of drug-likeness (QED) is 0.478. The molecule has 0 aliphatic carbocycles. The number of rotatable bonds is 1. The first kappa shape index (κ1) is 11.0. The van der Waals surface area contributed by atoms with Crippen LogP contribution in [-0.2, 0) is 9.53 Å². The largest absolute Gasteiger partial charge is 0.417 e. The summed E-state index contributed by atoms with van der Waals surface area (Å²) in [6, 6.07) is 0. The topological polar surface area (TPSA) is 46.6 Å². The van der Waals surface area contributed by atoms with Gasteiger partial charge >= 0.3 is 12.1 Å². The van der Waals surface area contributed by atoms with Crippen LogP contribution in [0.5, 0.6) is 0 Å². The normalized spacial score (nSPS) is 16.9. The Hall–Kier alpha value is -1.06. The highest BCUT2D eigenvalue weighted by Crippen LogP contribution is 2.10. The number of amides is 1. The van der Waals surface area contributed by atoms with Crippen LogP contribution in [0.25, 0.3) is 0 Å². The van der Waals surface area contributed by atoms with E-state index in [0.29, 0.717) is 13.1 Å². The highest BCUT2D eigenvalue weighted by molar-refractivity contribution is 5.85. The average molecular weight is 199 g/mol. The van der Waals surface area contributed by atoms with Gasteiger partial charge in [-0.2, -0.15) is 0 Å². The summed E-state index contributed by atoms with van der Waals surface area (Å²) < 4.78 is 4.70. The lowest BCUT2D eigenvalue weighted by Crippen LogP contribution is -2.37. The fourth-order valence-electron chi connectivity index (χ4n) is 1.34. The molecule has 4 heteroatoms. The van der Waals surface area contributed by atoms with Crippen LogP contribution in [0.15, 0.2) is 0 Å². The highest BCUT2D eigenvalue weighted by Gasteiger charge is 2.21. The van der Waals surface area contributed by atoms with E-state index in [1.165, 1.54) is 0 Å². The summed E-state index contributed by atoms with van der Waals surface area (Å²) in [4.78, 5) is 24.1. The number of esters is 1. The van der Waals surface area contributed by atoms with Gasteiger partial charge < -0.3 is 9.64 Å². The molecule has 1 amide bonds. The first-order valence-electron chi connectivity index (χ1n) is 5.12. The zero-order chi connectivity index (χ0) is 10.6. The van der Waals surface area contributed by atoms with Gasteiger partial charge in [-0.15, -0.1) is 0 Å². The van der Waals surface area contributed by atoms with Crippen molar-refractivity contribution in [1.82, 2.24) is 4.90 Å². The van der Waals surface area contributed by atoms with Crippen LogP contribution < -0.4 is 0 Å². The van der Waals surface area contributed by atoms with Crippen molar-refractivity contribution in [2.24, 2.45) is 5.92 Å². The molecule has 80 valence electrons. The summed E-state index contributed by atoms with van der Waals surface area (Å²) in [5.74, 6) is -0.690. The summed E-state index contributed by atoms with van der Waals surface area (Å²) in [5, 5.41) is 0. The molecule has 0 saturated carbocycles. The molecule has 0 aromatic heterocycles. The van der Waals surface area contributed by atoms with E-state index in [0.717, 1.165) is 19.3 Å². The van der Waals surface area contributed by atoms with Crippen molar-refractivity contribution < 1.29 is 14.3 Å². The molecule has 14 heavy (non-hydrogen) atoms. The molecule has 4 nitrogen and oxygen atoms in total. The third-order valence-electron chi connectivity index (χ3n) is 2.27. The molecule has 1 fully saturated rings. The van der Waals surface area contributed by atoms with Crippen molar-refractivity contribution in [3.63, 3.8) is 0 Å². The fourth-order valence-corrected chi connectivity index (χ4v) is 1.34. The van der Waals surface area contributed by atoms with Gasteiger partial charge in [0.25, 0.3) is 0 Å². The minimum absolute atomic E-state index is 0.247. The van der Waals surface area contributed by atoms with Crippen LogP contribution in [0.2, 0.25) is 0 Å². The average Bonchev–Trinajstić information content (AvgIpc) is 2.19. The molecular weight excluding hydrogens is 182 g/mol. The number of hydrogen-bond donors (Lipinski definition) is 0. The first-order valence-corrected chi connectivity index (χ1v) is 5.12. The number of carbonyl (C=O) groups excluding carboxylic acids is 2. The van der Waals surface area contributed by atoms with Gasteiger partial charge in [-0.1, -0.05) is 13.8 Å². The van der Waals surface area contributed by atoms with E-state index < -0.39 is 12.1 Å². The molecule has 0 N–H and O–H groups in total. The van der Waals surface area contributed by atoms with Crippen LogP contribution in [0.4, 0.5) is 4.79 Å². The monoisotopic (exact) mass is 199 g/mol. The Balaban J connectivity index is 2.37. The number of nitrogens with zero attached hydrogens (tertiary/aromatic N) is 1. The third-order valence-corrected chi connectivity index (χ3v) is 2.27. The van der Waals surface area contributed by atoms with E-state index in [-0.39, 0.29) is 5.92 Å². The molecule has 0 aromatic rings. The molecule has 0 aromatic carbocycles. The maximum absolute atomic E-state index is 11.4. The van der Waals surface area contributed by atoms with Gasteiger partial charge in [0.15, 0.2) is 0 Å². The van der Waals surface area contributed by atoms with Crippen LogP contribution in [-0.4, -0.2) is 30.1 Å². The molecule has 1 rings (SSSR count). The predicted octanol–water partition coefficient (Wildman–Crippen LogP) is 1.79. The Labute approximate surface area is 84.2 Å². The molecule has 1 aliphatic rings. The minimum Gasteiger partial charge on any atom is -0.376 e. The summed E-state index contributed by atoms with van der Waals surface area (Å²) in [5.41, 5.74) is 0. The van der Waals surface area contributed by atoms with Crippen molar-refractivity contribution in [3.8, 4) is 0 Å². The zero-order valence-electron chi connectivity index (χ0n) is 8.78. The second-order valence-electron chi connectivity index (χ2n) is 3.89. The number of likely N-dealkylation sites (tertiary alicyclic amines) is 1. The van der Waals surface area contributed by atoms with Gasteiger partial charge in [-0.05, 0) is 19.3 Å². The lowest BCUT2D eigenvalue weighted by atomic mass is 10.1. The fraction of sp³-hybridized carbons (Fsp3) is 0.800. The summed E-state index contributed by atoms with van der Waals surface area (Å²) in [6.07, 6.45) is 2.68. The number of ether oxygens (including phenoxy) is 1. The van der Waals surface area contributed by atoms with Crippen molar-refractivity contribution >= 4 is 12.1 Å². The zero-order valence-corrected chi connectivity index (χ0v) is 8.78. The van der Waals surface area contributed by atoms with Crippen LogP contribution in [0, 0.1) is 5.92 Å². The maximum atomic E-state index is 11.4. The highest BCUT2D eigenvalue weighted by atomic mass is 16.6. The second-order valence-corrected chi connectivity index (χ2v) is 3.89. The Morgan fingerprint density at radius 1 is 1.14 bits per heavy atom. The number of carbonyl (C=O) groups is 2. The predicted molar refractivity (Wildman–Crippen MR) is 51.8 cm³/mol. The van der Waals surface area contributed by atoms with E-state index >= 15 is 0 Å². The summed E-state index contributed by atoms with van der Waals surface area (Å²) in [6.45, 7) is 4.85. The molecule has 0 radical (unpaired) electrons. The molecule has 0 unspecified atom stereocenters. The van der Waals surface area contributed by atoms with E-state index in [4.69, 9.17) is 4.74 Å². The summed E-state index contributed by atoms with van der Waals surface area (Å²) >= 11 is 0. The Kier molecular flexibility index (Phi) is 3.92. The van der Waals surface area contributed by atoms with Gasteiger partial charge in [0.2, 0.25) is 0 Å². The molecule has 1 aliphatic heterocycles. The van der Waals surface area contributed by atoms with E-state index in [2.05, 4.69) is 0 Å². The van der Waals surface area contributed by atoms with Gasteiger partial charge in [0.05, 0.1) is 5.92 Å². The Morgan fingerprint density at radius 3 is 2.21 bits per heavy atom. The van der Waals surface area contributed by atoms with Crippen molar-refractivity contribution in [2.75, 3.05) is 13.1 Å². The van der Waals surface area contributed by atoms with Crippen LogP contribution in [0.3, 0.4) is 0 Å². The summed E-state index contributed by atoms with van der Waals surface area (Å²) in [7, 11) is 0. The molecule has 1 saturated heterocycles. The molecule has 0 spiro atoms. The number of piperidine rings is 1. The third kappa shape index (κ3) is 3.01. The van der Waals surface area contributed by atoms with E-state index in [1.807, 2.05) is 0 Å². The lowest BCUT2D eigenvalue weighted by molar-refractivity contribution is -0.141. The van der Waals surface area contributed by atoms with Crippen molar-refractivity contribution in [3.05, 3.63) is 0 Å². The smallest absolute Gasteiger partial charge is 0.376 e. The minimum atomic E-state index is -0.483. The van der Waals surface area contributed by atoms with Gasteiger partial charge in [0, 0.05) is 13.1 Å². The van der Waals surface area contributed by atoms with E-state index in [9.17, 15) is 9.59 Å². The Morgan fingerprint density at radius 2 is 1.71 bits per heavy atom. The Bertz CT molecular complexity index is 219. The van der Waals surface area contributed by atoms with Crippen LogP contribution >= 0.6 is 0 Å². The molecule has 0 bridgehead atoms. The van der Waals surface area contributed by atoms with Gasteiger partial charge in [0.1, 0.15) is 0 Å². The van der Waals surface area contributed by atoms with Gasteiger partial charge in [-0.3, -0.25) is 4.79 Å².